The highest BCUT2D eigenvalue weighted by atomic mass is 32.2. The normalized spacial score (nSPS) is 15.6. The Morgan fingerprint density at radius 1 is 1.25 bits per heavy atom. The molecule has 0 saturated heterocycles. The maximum atomic E-state index is 6.17. The largest absolute Gasteiger partial charge is 0.448 e. The van der Waals surface area contributed by atoms with Crippen LogP contribution in [0.4, 0.5) is 5.69 Å². The molecule has 0 saturated carbocycles. The Labute approximate surface area is 148 Å². The van der Waals surface area contributed by atoms with Gasteiger partial charge in [0.1, 0.15) is 0 Å². The first kappa shape index (κ1) is 15.4. The van der Waals surface area contributed by atoms with Crippen molar-refractivity contribution in [3.05, 3.63) is 46.7 Å². The third-order valence-corrected chi connectivity index (χ3v) is 5.36. The van der Waals surface area contributed by atoms with E-state index in [-0.39, 0.29) is 6.23 Å². The number of thiophene rings is 1. The molecule has 2 aromatic heterocycles. The van der Waals surface area contributed by atoms with Gasteiger partial charge < -0.3 is 10.1 Å². The molecule has 0 fully saturated rings. The molecular weight excluding hydrogens is 340 g/mol. The van der Waals surface area contributed by atoms with Crippen LogP contribution in [0.25, 0.3) is 11.3 Å². The Morgan fingerprint density at radius 3 is 3.00 bits per heavy atom. The average molecular weight is 356 g/mol. The zero-order chi connectivity index (χ0) is 16.4. The number of nitrogens with one attached hydrogen (secondary N) is 1. The lowest BCUT2D eigenvalue weighted by Gasteiger charge is -2.17. The summed E-state index contributed by atoms with van der Waals surface area (Å²) in [4.78, 5) is 4.60. The van der Waals surface area contributed by atoms with Gasteiger partial charge in [0, 0.05) is 22.6 Å². The zero-order valence-corrected chi connectivity index (χ0v) is 14.7. The van der Waals surface area contributed by atoms with Crippen LogP contribution < -0.4 is 10.1 Å². The van der Waals surface area contributed by atoms with E-state index in [4.69, 9.17) is 4.74 Å². The van der Waals surface area contributed by atoms with Crippen molar-refractivity contribution in [1.82, 2.24) is 15.2 Å². The first-order chi connectivity index (χ1) is 11.8. The second-order valence-corrected chi connectivity index (χ2v) is 7.18. The quantitative estimate of drug-likeness (QED) is 0.689. The molecule has 7 heteroatoms. The van der Waals surface area contributed by atoms with Gasteiger partial charge in [0.15, 0.2) is 11.9 Å². The molecule has 0 aliphatic carbocycles. The molecule has 1 atom stereocenters. The van der Waals surface area contributed by atoms with Gasteiger partial charge in [-0.05, 0) is 29.3 Å². The molecule has 3 heterocycles. The standard InChI is InChI=1S/C17H16N4OS2/c1-2-8-24-17-19-16-14(20-21-17)12-5-3-4-6-13(12)18-15(22-16)11-7-9-23-10-11/h3-7,9-10,15,18H,2,8H2,1H3/t15-/m1/s1. The highest BCUT2D eigenvalue weighted by Crippen LogP contribution is 2.39. The SMILES string of the molecule is CCCSc1nnc2c(n1)O[C@H](c1ccsc1)Nc1ccccc1-2. The predicted octanol–water partition coefficient (Wildman–Crippen LogP) is 4.61. The number of hydrogen-bond donors (Lipinski definition) is 1. The van der Waals surface area contributed by atoms with Crippen LogP contribution in [0, 0.1) is 0 Å². The molecule has 3 aromatic rings. The Bertz CT molecular complexity index is 838. The van der Waals surface area contributed by atoms with E-state index in [1.165, 1.54) is 0 Å². The van der Waals surface area contributed by atoms with Crippen molar-refractivity contribution < 1.29 is 4.74 Å². The molecule has 0 unspecified atom stereocenters. The van der Waals surface area contributed by atoms with Gasteiger partial charge in [-0.3, -0.25) is 0 Å². The van der Waals surface area contributed by atoms with E-state index in [9.17, 15) is 0 Å². The summed E-state index contributed by atoms with van der Waals surface area (Å²) >= 11 is 3.24. The topological polar surface area (TPSA) is 59.9 Å². The lowest BCUT2D eigenvalue weighted by molar-refractivity contribution is 0.225. The molecule has 1 N–H and O–H groups in total. The minimum atomic E-state index is -0.292. The smallest absolute Gasteiger partial charge is 0.247 e. The lowest BCUT2D eigenvalue weighted by atomic mass is 10.1. The summed E-state index contributed by atoms with van der Waals surface area (Å²) in [5, 5.41) is 16.9. The predicted molar refractivity (Wildman–Crippen MR) is 97.6 cm³/mol. The molecule has 1 aliphatic heterocycles. The van der Waals surface area contributed by atoms with Crippen LogP contribution in [0.1, 0.15) is 25.1 Å². The summed E-state index contributed by atoms with van der Waals surface area (Å²) in [5.41, 5.74) is 3.68. The number of hydrogen-bond acceptors (Lipinski definition) is 7. The van der Waals surface area contributed by atoms with Crippen molar-refractivity contribution in [2.24, 2.45) is 0 Å². The molecule has 0 amide bonds. The minimum absolute atomic E-state index is 0.292. The molecule has 1 aromatic carbocycles. The third-order valence-electron chi connectivity index (χ3n) is 3.61. The Kier molecular flexibility index (Phi) is 4.36. The third kappa shape index (κ3) is 2.97. The van der Waals surface area contributed by atoms with Crippen molar-refractivity contribution in [2.75, 3.05) is 11.1 Å². The molecule has 5 nitrogen and oxygen atoms in total. The number of rotatable bonds is 4. The van der Waals surface area contributed by atoms with Crippen LogP contribution in [0.3, 0.4) is 0 Å². The van der Waals surface area contributed by atoms with E-state index in [1.807, 2.05) is 29.6 Å². The van der Waals surface area contributed by atoms with Gasteiger partial charge in [0.05, 0.1) is 0 Å². The molecule has 0 radical (unpaired) electrons. The number of ether oxygens (including phenoxy) is 1. The summed E-state index contributed by atoms with van der Waals surface area (Å²) in [6, 6.07) is 10.1. The fraction of sp³-hybridized carbons (Fsp3) is 0.235. The molecule has 1 aliphatic rings. The summed E-state index contributed by atoms with van der Waals surface area (Å²) in [6.45, 7) is 2.13. The van der Waals surface area contributed by atoms with E-state index in [0.717, 1.165) is 29.0 Å². The van der Waals surface area contributed by atoms with Crippen molar-refractivity contribution in [2.45, 2.75) is 24.7 Å². The van der Waals surface area contributed by atoms with E-state index < -0.39 is 0 Å². The maximum absolute atomic E-state index is 6.17. The van der Waals surface area contributed by atoms with Crippen LogP contribution in [0.15, 0.2) is 46.2 Å². The minimum Gasteiger partial charge on any atom is -0.448 e. The van der Waals surface area contributed by atoms with E-state index in [1.54, 1.807) is 23.1 Å². The zero-order valence-electron chi connectivity index (χ0n) is 13.1. The number of anilines is 1. The van der Waals surface area contributed by atoms with Crippen LogP contribution in [0.5, 0.6) is 5.88 Å². The fourth-order valence-electron chi connectivity index (χ4n) is 2.48. The van der Waals surface area contributed by atoms with Crippen LogP contribution in [0.2, 0.25) is 0 Å². The van der Waals surface area contributed by atoms with Crippen LogP contribution >= 0.6 is 23.1 Å². The van der Waals surface area contributed by atoms with Crippen molar-refractivity contribution in [3.63, 3.8) is 0 Å². The van der Waals surface area contributed by atoms with Crippen molar-refractivity contribution >= 4 is 28.8 Å². The molecule has 24 heavy (non-hydrogen) atoms. The summed E-state index contributed by atoms with van der Waals surface area (Å²) in [6.07, 6.45) is 0.771. The molecule has 0 spiro atoms. The van der Waals surface area contributed by atoms with E-state index >= 15 is 0 Å². The molecular formula is C17H16N4OS2. The summed E-state index contributed by atoms with van der Waals surface area (Å²) in [7, 11) is 0. The Hall–Kier alpha value is -2.12. The number of fused-ring (bicyclic) bond motifs is 3. The van der Waals surface area contributed by atoms with Gasteiger partial charge in [0.2, 0.25) is 11.0 Å². The number of thioether (sulfide) groups is 1. The van der Waals surface area contributed by atoms with Gasteiger partial charge in [-0.15, -0.1) is 10.2 Å². The first-order valence-corrected chi connectivity index (χ1v) is 9.70. The molecule has 122 valence electrons. The molecule has 0 bridgehead atoms. The average Bonchev–Trinajstić information content (AvgIpc) is 3.09. The first-order valence-electron chi connectivity index (χ1n) is 7.77. The van der Waals surface area contributed by atoms with Gasteiger partial charge in [-0.1, -0.05) is 36.9 Å². The number of aromatic nitrogens is 3. The number of para-hydroxylation sites is 1. The summed E-state index contributed by atoms with van der Waals surface area (Å²) in [5.74, 6) is 1.49. The second-order valence-electron chi connectivity index (χ2n) is 5.34. The van der Waals surface area contributed by atoms with Crippen LogP contribution in [-0.4, -0.2) is 20.9 Å². The lowest BCUT2D eigenvalue weighted by Crippen LogP contribution is -2.16. The van der Waals surface area contributed by atoms with Crippen molar-refractivity contribution in [3.8, 4) is 17.1 Å². The number of benzene rings is 1. The highest BCUT2D eigenvalue weighted by Gasteiger charge is 2.26. The van der Waals surface area contributed by atoms with Gasteiger partial charge in [0.25, 0.3) is 0 Å². The monoisotopic (exact) mass is 356 g/mol. The highest BCUT2D eigenvalue weighted by molar-refractivity contribution is 7.99. The van der Waals surface area contributed by atoms with Gasteiger partial charge in [-0.25, -0.2) is 0 Å². The Balaban J connectivity index is 1.79. The van der Waals surface area contributed by atoms with Crippen LogP contribution in [-0.2, 0) is 0 Å². The second kappa shape index (κ2) is 6.78. The van der Waals surface area contributed by atoms with E-state index in [0.29, 0.717) is 16.7 Å². The molecule has 4 rings (SSSR count). The van der Waals surface area contributed by atoms with Gasteiger partial charge >= 0.3 is 0 Å². The fourth-order valence-corrected chi connectivity index (χ4v) is 3.78. The Morgan fingerprint density at radius 2 is 2.17 bits per heavy atom. The van der Waals surface area contributed by atoms with Crippen molar-refractivity contribution in [1.29, 1.82) is 0 Å². The van der Waals surface area contributed by atoms with E-state index in [2.05, 4.69) is 38.9 Å². The number of nitrogens with zero attached hydrogens (tertiary/aromatic N) is 3. The van der Waals surface area contributed by atoms with Gasteiger partial charge in [-0.2, -0.15) is 16.3 Å². The summed E-state index contributed by atoms with van der Waals surface area (Å²) < 4.78 is 6.17. The maximum Gasteiger partial charge on any atom is 0.247 e.